The summed E-state index contributed by atoms with van der Waals surface area (Å²) in [6.45, 7) is 9.51. The molecule has 0 aromatic rings. The van der Waals surface area contributed by atoms with Crippen molar-refractivity contribution in [1.82, 2.24) is 4.90 Å². The summed E-state index contributed by atoms with van der Waals surface area (Å²) in [5, 5.41) is 0. The van der Waals surface area contributed by atoms with Crippen LogP contribution in [0, 0.1) is 11.3 Å². The Labute approximate surface area is 110 Å². The molecule has 104 valence electrons. The van der Waals surface area contributed by atoms with Gasteiger partial charge in [-0.05, 0) is 44.1 Å². The van der Waals surface area contributed by atoms with Crippen LogP contribution in [0.1, 0.15) is 40.0 Å². The first kappa shape index (κ1) is 13.8. The smallest absolute Gasteiger partial charge is 0.327 e. The molecule has 1 saturated heterocycles. The van der Waals surface area contributed by atoms with E-state index in [9.17, 15) is 4.79 Å². The minimum absolute atomic E-state index is 0.211. The number of hydrogen-bond acceptors (Lipinski definition) is 4. The molecule has 0 aromatic heterocycles. The Morgan fingerprint density at radius 2 is 2.17 bits per heavy atom. The van der Waals surface area contributed by atoms with Crippen LogP contribution < -0.4 is 5.73 Å². The van der Waals surface area contributed by atoms with Gasteiger partial charge in [0.2, 0.25) is 0 Å². The number of likely N-dealkylation sites (tertiary alicyclic amines) is 1. The first-order valence-electron chi connectivity index (χ1n) is 7.06. The molecule has 4 heteroatoms. The van der Waals surface area contributed by atoms with Gasteiger partial charge in [0.25, 0.3) is 0 Å². The SMILES string of the molecule is CCOC(=O)C(N)(CN1CCC(C)(C)C1)C1CC1. The molecule has 1 unspecified atom stereocenters. The van der Waals surface area contributed by atoms with Gasteiger partial charge in [0.05, 0.1) is 6.61 Å². The van der Waals surface area contributed by atoms with Gasteiger partial charge in [-0.2, -0.15) is 0 Å². The Bertz CT molecular complexity index is 326. The Morgan fingerprint density at radius 1 is 1.50 bits per heavy atom. The van der Waals surface area contributed by atoms with Crippen molar-refractivity contribution in [1.29, 1.82) is 0 Å². The van der Waals surface area contributed by atoms with E-state index in [0.29, 0.717) is 24.5 Å². The lowest BCUT2D eigenvalue weighted by Crippen LogP contribution is -2.58. The molecule has 1 heterocycles. The molecule has 2 aliphatic rings. The highest BCUT2D eigenvalue weighted by Crippen LogP contribution is 2.40. The van der Waals surface area contributed by atoms with E-state index in [4.69, 9.17) is 10.5 Å². The Hall–Kier alpha value is -0.610. The molecule has 0 aromatic carbocycles. The van der Waals surface area contributed by atoms with Crippen LogP contribution in [0.2, 0.25) is 0 Å². The number of carbonyl (C=O) groups is 1. The van der Waals surface area contributed by atoms with E-state index in [2.05, 4.69) is 18.7 Å². The number of nitrogens with zero attached hydrogens (tertiary/aromatic N) is 1. The Kier molecular flexibility index (Phi) is 3.70. The summed E-state index contributed by atoms with van der Waals surface area (Å²) in [5.41, 5.74) is 5.95. The monoisotopic (exact) mass is 254 g/mol. The van der Waals surface area contributed by atoms with Crippen LogP contribution in [0.5, 0.6) is 0 Å². The molecule has 1 aliphatic heterocycles. The van der Waals surface area contributed by atoms with Crippen LogP contribution in [0.15, 0.2) is 0 Å². The zero-order chi connectivity index (χ0) is 13.4. The third-order valence-electron chi connectivity index (χ3n) is 4.20. The second-order valence-corrected chi connectivity index (χ2v) is 6.66. The average molecular weight is 254 g/mol. The fraction of sp³-hybridized carbons (Fsp3) is 0.929. The van der Waals surface area contributed by atoms with E-state index in [1.807, 2.05) is 6.92 Å². The fourth-order valence-corrected chi connectivity index (χ4v) is 2.95. The number of carbonyl (C=O) groups excluding carboxylic acids is 1. The zero-order valence-corrected chi connectivity index (χ0v) is 11.9. The maximum Gasteiger partial charge on any atom is 0.327 e. The third-order valence-corrected chi connectivity index (χ3v) is 4.20. The van der Waals surface area contributed by atoms with Crippen LogP contribution in [-0.4, -0.2) is 42.6 Å². The minimum Gasteiger partial charge on any atom is -0.465 e. The van der Waals surface area contributed by atoms with Crippen LogP contribution in [0.3, 0.4) is 0 Å². The van der Waals surface area contributed by atoms with Crippen molar-refractivity contribution in [2.24, 2.45) is 17.1 Å². The normalized spacial score (nSPS) is 26.9. The topological polar surface area (TPSA) is 55.6 Å². The van der Waals surface area contributed by atoms with Gasteiger partial charge in [-0.3, -0.25) is 0 Å². The molecule has 1 atom stereocenters. The number of esters is 1. The predicted octanol–water partition coefficient (Wildman–Crippen LogP) is 1.39. The Morgan fingerprint density at radius 3 is 2.61 bits per heavy atom. The predicted molar refractivity (Wildman–Crippen MR) is 71.1 cm³/mol. The van der Waals surface area contributed by atoms with Crippen molar-refractivity contribution in [2.45, 2.75) is 45.6 Å². The molecule has 4 nitrogen and oxygen atoms in total. The summed E-state index contributed by atoms with van der Waals surface area (Å²) in [7, 11) is 0. The van der Waals surface area contributed by atoms with E-state index in [1.165, 1.54) is 6.42 Å². The summed E-state index contributed by atoms with van der Waals surface area (Å²) >= 11 is 0. The van der Waals surface area contributed by atoms with Gasteiger partial charge in [0, 0.05) is 13.1 Å². The van der Waals surface area contributed by atoms with Gasteiger partial charge in [0.15, 0.2) is 0 Å². The van der Waals surface area contributed by atoms with E-state index in [0.717, 1.165) is 25.9 Å². The first-order valence-corrected chi connectivity index (χ1v) is 7.06. The van der Waals surface area contributed by atoms with Gasteiger partial charge >= 0.3 is 5.97 Å². The summed E-state index contributed by atoms with van der Waals surface area (Å²) in [6.07, 6.45) is 3.30. The molecular weight excluding hydrogens is 228 g/mol. The maximum atomic E-state index is 12.1. The second kappa shape index (κ2) is 4.82. The van der Waals surface area contributed by atoms with Crippen LogP contribution in [-0.2, 0) is 9.53 Å². The second-order valence-electron chi connectivity index (χ2n) is 6.66. The first-order chi connectivity index (χ1) is 8.37. The maximum absolute atomic E-state index is 12.1. The molecule has 1 saturated carbocycles. The summed E-state index contributed by atoms with van der Waals surface area (Å²) in [6, 6.07) is 0. The molecule has 2 N–H and O–H groups in total. The summed E-state index contributed by atoms with van der Waals surface area (Å²) in [5.74, 6) is 0.109. The molecule has 0 bridgehead atoms. The van der Waals surface area contributed by atoms with Crippen LogP contribution in [0.4, 0.5) is 0 Å². The summed E-state index contributed by atoms with van der Waals surface area (Å²) < 4.78 is 5.18. The molecule has 18 heavy (non-hydrogen) atoms. The summed E-state index contributed by atoms with van der Waals surface area (Å²) in [4.78, 5) is 14.5. The van der Waals surface area contributed by atoms with Crippen LogP contribution >= 0.6 is 0 Å². The van der Waals surface area contributed by atoms with Crippen molar-refractivity contribution < 1.29 is 9.53 Å². The van der Waals surface area contributed by atoms with E-state index in [1.54, 1.807) is 0 Å². The largest absolute Gasteiger partial charge is 0.465 e. The number of nitrogens with two attached hydrogens (primary N) is 1. The quantitative estimate of drug-likeness (QED) is 0.753. The lowest BCUT2D eigenvalue weighted by molar-refractivity contribution is -0.151. The molecular formula is C14H26N2O2. The van der Waals surface area contributed by atoms with Gasteiger partial charge in [-0.25, -0.2) is 4.79 Å². The number of ether oxygens (including phenoxy) is 1. The molecule has 2 rings (SSSR count). The van der Waals surface area contributed by atoms with Crippen molar-refractivity contribution in [3.8, 4) is 0 Å². The van der Waals surface area contributed by atoms with Gasteiger partial charge in [-0.1, -0.05) is 13.8 Å². The molecule has 2 fully saturated rings. The molecule has 0 amide bonds. The third kappa shape index (κ3) is 2.86. The highest BCUT2D eigenvalue weighted by Gasteiger charge is 2.50. The van der Waals surface area contributed by atoms with Crippen molar-refractivity contribution in [2.75, 3.05) is 26.2 Å². The van der Waals surface area contributed by atoms with Gasteiger partial charge in [0.1, 0.15) is 5.54 Å². The van der Waals surface area contributed by atoms with Gasteiger partial charge in [-0.15, -0.1) is 0 Å². The Balaban J connectivity index is 2.00. The molecule has 0 radical (unpaired) electrons. The van der Waals surface area contributed by atoms with Crippen LogP contribution in [0.25, 0.3) is 0 Å². The number of rotatable bonds is 5. The lowest BCUT2D eigenvalue weighted by atomic mass is 9.92. The van der Waals surface area contributed by atoms with Crippen molar-refractivity contribution in [3.63, 3.8) is 0 Å². The highest BCUT2D eigenvalue weighted by atomic mass is 16.5. The zero-order valence-electron chi connectivity index (χ0n) is 11.9. The average Bonchev–Trinajstić information content (AvgIpc) is 3.06. The van der Waals surface area contributed by atoms with E-state index >= 15 is 0 Å². The van der Waals surface area contributed by atoms with Crippen molar-refractivity contribution >= 4 is 5.97 Å². The standard InChI is InChI=1S/C14H26N2O2/c1-4-18-12(17)14(15,11-5-6-11)10-16-8-7-13(2,3)9-16/h11H,4-10,15H2,1-3H3. The fourth-order valence-electron chi connectivity index (χ4n) is 2.95. The minimum atomic E-state index is -0.781. The van der Waals surface area contributed by atoms with Gasteiger partial charge < -0.3 is 15.4 Å². The highest BCUT2D eigenvalue weighted by molar-refractivity contribution is 5.82. The molecule has 0 spiro atoms. The van der Waals surface area contributed by atoms with E-state index < -0.39 is 5.54 Å². The van der Waals surface area contributed by atoms with Crippen molar-refractivity contribution in [3.05, 3.63) is 0 Å². The molecule has 1 aliphatic carbocycles. The lowest BCUT2D eigenvalue weighted by Gasteiger charge is -2.32. The number of hydrogen-bond donors (Lipinski definition) is 1. The van der Waals surface area contributed by atoms with E-state index in [-0.39, 0.29) is 5.97 Å².